The second-order valence-electron chi connectivity index (χ2n) is 6.63. The number of piperazine rings is 1. The van der Waals surface area contributed by atoms with E-state index in [1.54, 1.807) is 11.3 Å². The zero-order valence-corrected chi connectivity index (χ0v) is 16.8. The molecule has 0 radical (unpaired) electrons. The molecule has 0 unspecified atom stereocenters. The van der Waals surface area contributed by atoms with Crippen molar-refractivity contribution in [2.75, 3.05) is 26.2 Å². The summed E-state index contributed by atoms with van der Waals surface area (Å²) in [5.41, 5.74) is 1.11. The van der Waals surface area contributed by atoms with E-state index in [9.17, 15) is 12.8 Å². The molecule has 0 bridgehead atoms. The Kier molecular flexibility index (Phi) is 5.54. The predicted octanol–water partition coefficient (Wildman–Crippen LogP) is 3.46. The fraction of sp³-hybridized carbons (Fsp3) is 0.250. The van der Waals surface area contributed by atoms with Crippen LogP contribution in [0, 0.1) is 5.82 Å². The van der Waals surface area contributed by atoms with Gasteiger partial charge < -0.3 is 0 Å². The van der Waals surface area contributed by atoms with Crippen molar-refractivity contribution in [3.8, 4) is 10.6 Å². The zero-order valence-electron chi connectivity index (χ0n) is 15.2. The maximum Gasteiger partial charge on any atom is 0.243 e. The van der Waals surface area contributed by atoms with Crippen LogP contribution >= 0.6 is 11.3 Å². The Hall–Kier alpha value is -2.13. The Labute approximate surface area is 168 Å². The highest BCUT2D eigenvalue weighted by molar-refractivity contribution is 7.89. The maximum atomic E-state index is 13.1. The van der Waals surface area contributed by atoms with E-state index in [4.69, 9.17) is 0 Å². The van der Waals surface area contributed by atoms with Crippen LogP contribution in [0.15, 0.2) is 65.7 Å². The Bertz CT molecular complexity index is 1030. The number of hydrogen-bond acceptors (Lipinski definition) is 5. The van der Waals surface area contributed by atoms with Gasteiger partial charge in [0.2, 0.25) is 10.0 Å². The van der Waals surface area contributed by atoms with Crippen LogP contribution in [-0.2, 0) is 16.6 Å². The van der Waals surface area contributed by atoms with E-state index in [1.165, 1.54) is 28.6 Å². The first-order valence-electron chi connectivity index (χ1n) is 9.00. The van der Waals surface area contributed by atoms with E-state index in [2.05, 4.69) is 9.88 Å². The minimum Gasteiger partial charge on any atom is -0.296 e. The fourth-order valence-electron chi connectivity index (χ4n) is 3.20. The summed E-state index contributed by atoms with van der Waals surface area (Å²) in [6.45, 7) is 2.90. The van der Waals surface area contributed by atoms with Crippen LogP contribution in [0.2, 0.25) is 0 Å². The van der Waals surface area contributed by atoms with Crippen molar-refractivity contribution in [3.63, 3.8) is 0 Å². The van der Waals surface area contributed by atoms with Gasteiger partial charge in [0.1, 0.15) is 10.8 Å². The van der Waals surface area contributed by atoms with E-state index in [1.807, 2.05) is 36.5 Å². The predicted molar refractivity (Wildman–Crippen MR) is 108 cm³/mol. The number of rotatable bonds is 5. The maximum absolute atomic E-state index is 13.1. The van der Waals surface area contributed by atoms with Crippen molar-refractivity contribution in [1.82, 2.24) is 14.2 Å². The standard InChI is InChI=1S/C20H20FN3O2S2/c21-17-6-8-19(9-7-17)28(25,26)24-12-10-23(11-13-24)15-18-14-22-20(27-18)16-4-2-1-3-5-16/h1-9,14H,10-13,15H2. The highest BCUT2D eigenvalue weighted by Crippen LogP contribution is 2.26. The molecule has 0 aliphatic carbocycles. The van der Waals surface area contributed by atoms with Gasteiger partial charge in [0, 0.05) is 49.4 Å². The van der Waals surface area contributed by atoms with E-state index < -0.39 is 15.8 Å². The molecular formula is C20H20FN3O2S2. The molecule has 0 amide bonds. The Balaban J connectivity index is 1.37. The van der Waals surface area contributed by atoms with Crippen molar-refractivity contribution in [3.05, 3.63) is 71.5 Å². The van der Waals surface area contributed by atoms with Crippen LogP contribution < -0.4 is 0 Å². The number of thiazole rings is 1. The van der Waals surface area contributed by atoms with Crippen LogP contribution in [-0.4, -0.2) is 48.8 Å². The second kappa shape index (κ2) is 8.08. The van der Waals surface area contributed by atoms with Gasteiger partial charge in [-0.25, -0.2) is 17.8 Å². The fourth-order valence-corrected chi connectivity index (χ4v) is 5.58. The van der Waals surface area contributed by atoms with Gasteiger partial charge >= 0.3 is 0 Å². The van der Waals surface area contributed by atoms with Crippen molar-refractivity contribution in [1.29, 1.82) is 0 Å². The van der Waals surface area contributed by atoms with Crippen LogP contribution in [0.5, 0.6) is 0 Å². The minimum absolute atomic E-state index is 0.136. The summed E-state index contributed by atoms with van der Waals surface area (Å²) in [6, 6.07) is 15.1. The molecule has 0 saturated carbocycles. The third-order valence-electron chi connectivity index (χ3n) is 4.74. The van der Waals surface area contributed by atoms with Gasteiger partial charge in [0.05, 0.1) is 4.90 Å². The Morgan fingerprint density at radius 2 is 1.64 bits per heavy atom. The first-order valence-corrected chi connectivity index (χ1v) is 11.3. The molecule has 2 heterocycles. The average Bonchev–Trinajstić information content (AvgIpc) is 3.18. The van der Waals surface area contributed by atoms with Crippen LogP contribution in [0.1, 0.15) is 4.88 Å². The molecule has 1 aliphatic heterocycles. The van der Waals surface area contributed by atoms with Crippen LogP contribution in [0.4, 0.5) is 4.39 Å². The van der Waals surface area contributed by atoms with Gasteiger partial charge in [-0.1, -0.05) is 30.3 Å². The number of benzene rings is 2. The molecule has 1 aliphatic rings. The van der Waals surface area contributed by atoms with Gasteiger partial charge in [0.25, 0.3) is 0 Å². The molecule has 0 N–H and O–H groups in total. The zero-order chi connectivity index (χ0) is 19.6. The lowest BCUT2D eigenvalue weighted by atomic mass is 10.2. The molecular weight excluding hydrogens is 397 g/mol. The molecule has 28 heavy (non-hydrogen) atoms. The summed E-state index contributed by atoms with van der Waals surface area (Å²) in [4.78, 5) is 8.04. The third-order valence-corrected chi connectivity index (χ3v) is 7.68. The number of sulfonamides is 1. The highest BCUT2D eigenvalue weighted by Gasteiger charge is 2.28. The molecule has 5 nitrogen and oxygen atoms in total. The molecule has 1 saturated heterocycles. The third kappa shape index (κ3) is 4.15. The van der Waals surface area contributed by atoms with Gasteiger partial charge in [-0.2, -0.15) is 4.31 Å². The average molecular weight is 418 g/mol. The summed E-state index contributed by atoms with van der Waals surface area (Å²) in [6.07, 6.45) is 1.90. The van der Waals surface area contributed by atoms with Crippen molar-refractivity contribution < 1.29 is 12.8 Å². The smallest absolute Gasteiger partial charge is 0.243 e. The molecule has 4 rings (SSSR count). The quantitative estimate of drug-likeness (QED) is 0.638. The molecule has 3 aromatic rings. The molecule has 146 valence electrons. The summed E-state index contributed by atoms with van der Waals surface area (Å²) in [5.74, 6) is -0.441. The van der Waals surface area contributed by atoms with Gasteiger partial charge in [-0.3, -0.25) is 4.90 Å². The van der Waals surface area contributed by atoms with Gasteiger partial charge in [-0.15, -0.1) is 11.3 Å². The molecule has 8 heteroatoms. The summed E-state index contributed by atoms with van der Waals surface area (Å²) >= 11 is 1.66. The molecule has 2 aromatic carbocycles. The lowest BCUT2D eigenvalue weighted by molar-refractivity contribution is 0.183. The Morgan fingerprint density at radius 3 is 2.32 bits per heavy atom. The minimum atomic E-state index is -3.58. The number of halogens is 1. The van der Waals surface area contributed by atoms with E-state index in [0.717, 1.165) is 22.0 Å². The van der Waals surface area contributed by atoms with Gasteiger partial charge in [-0.05, 0) is 24.3 Å². The van der Waals surface area contributed by atoms with Crippen LogP contribution in [0.3, 0.4) is 0 Å². The normalized spacial score (nSPS) is 16.3. The van der Waals surface area contributed by atoms with Crippen molar-refractivity contribution in [2.45, 2.75) is 11.4 Å². The molecule has 1 fully saturated rings. The van der Waals surface area contributed by atoms with E-state index in [0.29, 0.717) is 26.2 Å². The summed E-state index contributed by atoms with van der Waals surface area (Å²) < 4.78 is 39.9. The SMILES string of the molecule is O=S(=O)(c1ccc(F)cc1)N1CCN(Cc2cnc(-c3ccccc3)s2)CC1. The highest BCUT2D eigenvalue weighted by atomic mass is 32.2. The number of aromatic nitrogens is 1. The largest absolute Gasteiger partial charge is 0.296 e. The summed E-state index contributed by atoms with van der Waals surface area (Å²) in [5, 5.41) is 0.994. The lowest BCUT2D eigenvalue weighted by Crippen LogP contribution is -2.48. The summed E-state index contributed by atoms with van der Waals surface area (Å²) in [7, 11) is -3.58. The second-order valence-corrected chi connectivity index (χ2v) is 9.69. The first kappa shape index (κ1) is 19.2. The Morgan fingerprint density at radius 1 is 0.964 bits per heavy atom. The van der Waals surface area contributed by atoms with Gasteiger partial charge in [0.15, 0.2) is 0 Å². The lowest BCUT2D eigenvalue weighted by Gasteiger charge is -2.33. The molecule has 0 spiro atoms. The van der Waals surface area contributed by atoms with Crippen molar-refractivity contribution >= 4 is 21.4 Å². The van der Waals surface area contributed by atoms with Crippen molar-refractivity contribution in [2.24, 2.45) is 0 Å². The van der Waals surface area contributed by atoms with E-state index >= 15 is 0 Å². The number of nitrogens with zero attached hydrogens (tertiary/aromatic N) is 3. The van der Waals surface area contributed by atoms with E-state index in [-0.39, 0.29) is 4.90 Å². The molecule has 0 atom stereocenters. The first-order chi connectivity index (χ1) is 13.5. The topological polar surface area (TPSA) is 53.5 Å². The monoisotopic (exact) mass is 417 g/mol. The molecule has 1 aromatic heterocycles. The number of hydrogen-bond donors (Lipinski definition) is 0. The van der Waals surface area contributed by atoms with Crippen LogP contribution in [0.25, 0.3) is 10.6 Å².